The van der Waals surface area contributed by atoms with Crippen LogP contribution in [0.1, 0.15) is 17.8 Å². The van der Waals surface area contributed by atoms with Gasteiger partial charge in [0.25, 0.3) is 0 Å². The van der Waals surface area contributed by atoms with Crippen molar-refractivity contribution in [1.82, 2.24) is 33.8 Å². The summed E-state index contributed by atoms with van der Waals surface area (Å²) in [6.45, 7) is 4.13. The summed E-state index contributed by atoms with van der Waals surface area (Å²) in [5, 5.41) is 12.1. The summed E-state index contributed by atoms with van der Waals surface area (Å²) in [6, 6.07) is 2.03. The number of imidazole rings is 1. The highest BCUT2D eigenvalue weighted by atomic mass is 32.1. The maximum absolute atomic E-state index is 4.92. The van der Waals surface area contributed by atoms with Crippen LogP contribution in [-0.4, -0.2) is 41.6 Å². The maximum Gasteiger partial charge on any atom is 0.180 e. The zero-order valence-electron chi connectivity index (χ0n) is 15.9. The van der Waals surface area contributed by atoms with Gasteiger partial charge in [-0.05, 0) is 56.4 Å². The molecule has 4 aromatic heterocycles. The van der Waals surface area contributed by atoms with E-state index in [1.165, 1.54) is 18.0 Å². The molecule has 1 atom stereocenters. The predicted molar refractivity (Wildman–Crippen MR) is 110 cm³/mol. The summed E-state index contributed by atoms with van der Waals surface area (Å²) in [7, 11) is 1.92. The third-order valence-electron chi connectivity index (χ3n) is 5.07. The molecule has 0 radical (unpaired) electrons. The standard InChI is InChI=1S/C19H22N8S/c1-12-5-17(28-25-12)24-18-19-21-9-16(14-8-22-26(2)10-14)27(19)11-15(23-18)6-13-3-4-20-7-13/h5,8-11,13,20H,3-4,6-7H2,1-2H3,(H,23,24)/t13-/m0/s1. The number of nitrogens with one attached hydrogen (secondary N) is 2. The Morgan fingerprint density at radius 2 is 2.25 bits per heavy atom. The first-order chi connectivity index (χ1) is 13.7. The molecule has 0 amide bonds. The molecule has 0 bridgehead atoms. The van der Waals surface area contributed by atoms with Crippen molar-refractivity contribution >= 4 is 28.0 Å². The first-order valence-electron chi connectivity index (χ1n) is 9.43. The van der Waals surface area contributed by atoms with Crippen LogP contribution < -0.4 is 10.6 Å². The van der Waals surface area contributed by atoms with Crippen LogP contribution in [0.2, 0.25) is 0 Å². The predicted octanol–water partition coefficient (Wildman–Crippen LogP) is 2.79. The largest absolute Gasteiger partial charge is 0.328 e. The Kier molecular flexibility index (Phi) is 4.33. The lowest BCUT2D eigenvalue weighted by atomic mass is 10.0. The topological polar surface area (TPSA) is 85.0 Å². The first kappa shape index (κ1) is 17.3. The highest BCUT2D eigenvalue weighted by Crippen LogP contribution is 2.28. The molecule has 1 fully saturated rings. The van der Waals surface area contributed by atoms with Crippen molar-refractivity contribution in [1.29, 1.82) is 0 Å². The summed E-state index contributed by atoms with van der Waals surface area (Å²) in [5.74, 6) is 1.39. The van der Waals surface area contributed by atoms with Crippen LogP contribution in [0.3, 0.4) is 0 Å². The minimum Gasteiger partial charge on any atom is -0.328 e. The van der Waals surface area contributed by atoms with Gasteiger partial charge in [-0.2, -0.15) is 9.47 Å². The highest BCUT2D eigenvalue weighted by Gasteiger charge is 2.19. The van der Waals surface area contributed by atoms with E-state index in [1.54, 1.807) is 4.68 Å². The number of hydrogen-bond donors (Lipinski definition) is 2. The van der Waals surface area contributed by atoms with Gasteiger partial charge in [0.1, 0.15) is 5.00 Å². The number of anilines is 2. The van der Waals surface area contributed by atoms with Crippen LogP contribution in [0.5, 0.6) is 0 Å². The van der Waals surface area contributed by atoms with Gasteiger partial charge >= 0.3 is 0 Å². The number of fused-ring (bicyclic) bond motifs is 1. The van der Waals surface area contributed by atoms with Crippen LogP contribution in [0.4, 0.5) is 10.8 Å². The fourth-order valence-corrected chi connectivity index (χ4v) is 4.37. The van der Waals surface area contributed by atoms with Gasteiger partial charge in [-0.25, -0.2) is 9.97 Å². The molecule has 1 saturated heterocycles. The Morgan fingerprint density at radius 3 is 2.96 bits per heavy atom. The van der Waals surface area contributed by atoms with Gasteiger partial charge in [0.15, 0.2) is 11.5 Å². The maximum atomic E-state index is 4.92. The molecular weight excluding hydrogens is 372 g/mol. The van der Waals surface area contributed by atoms with Crippen LogP contribution in [-0.2, 0) is 13.5 Å². The zero-order valence-corrected chi connectivity index (χ0v) is 16.7. The Morgan fingerprint density at radius 1 is 1.32 bits per heavy atom. The first-order valence-corrected chi connectivity index (χ1v) is 10.2. The number of hydrogen-bond acceptors (Lipinski definition) is 7. The van der Waals surface area contributed by atoms with Gasteiger partial charge in [-0.3, -0.25) is 9.08 Å². The minimum atomic E-state index is 0.619. The summed E-state index contributed by atoms with van der Waals surface area (Å²) < 4.78 is 8.29. The Bertz CT molecular complexity index is 1120. The highest BCUT2D eigenvalue weighted by molar-refractivity contribution is 7.10. The van der Waals surface area contributed by atoms with Gasteiger partial charge in [-0.15, -0.1) is 0 Å². The molecule has 5 heterocycles. The van der Waals surface area contributed by atoms with Gasteiger partial charge in [0, 0.05) is 25.0 Å². The van der Waals surface area contributed by atoms with Crippen molar-refractivity contribution in [3.8, 4) is 11.3 Å². The molecule has 8 nitrogen and oxygen atoms in total. The lowest BCUT2D eigenvalue weighted by Crippen LogP contribution is -2.12. The van der Waals surface area contributed by atoms with E-state index in [-0.39, 0.29) is 0 Å². The Labute approximate surface area is 166 Å². The van der Waals surface area contributed by atoms with E-state index in [2.05, 4.69) is 35.7 Å². The molecule has 28 heavy (non-hydrogen) atoms. The lowest BCUT2D eigenvalue weighted by Gasteiger charge is -2.12. The average Bonchev–Trinajstić information content (AvgIpc) is 3.43. The number of aryl methyl sites for hydroxylation is 2. The summed E-state index contributed by atoms with van der Waals surface area (Å²) >= 11 is 1.44. The van der Waals surface area contributed by atoms with Crippen molar-refractivity contribution in [2.24, 2.45) is 13.0 Å². The molecule has 0 aromatic carbocycles. The fourth-order valence-electron chi connectivity index (χ4n) is 3.71. The SMILES string of the molecule is Cc1cc(Nc2nc(C[C@@H]3CCNC3)cn3c(-c4cnn(C)c4)cnc23)sn1. The second kappa shape index (κ2) is 6.99. The molecule has 144 valence electrons. The average molecular weight is 395 g/mol. The normalized spacial score (nSPS) is 16.9. The van der Waals surface area contributed by atoms with E-state index in [4.69, 9.17) is 4.98 Å². The third-order valence-corrected chi connectivity index (χ3v) is 5.87. The molecular formula is C19H22N8S. The van der Waals surface area contributed by atoms with Crippen molar-refractivity contribution in [2.45, 2.75) is 19.8 Å². The summed E-state index contributed by atoms with van der Waals surface area (Å²) in [6.07, 6.45) is 10.0. The molecule has 0 saturated carbocycles. The number of rotatable bonds is 5. The van der Waals surface area contributed by atoms with E-state index in [0.717, 1.165) is 58.6 Å². The summed E-state index contributed by atoms with van der Waals surface area (Å²) in [4.78, 5) is 9.57. The van der Waals surface area contributed by atoms with Gasteiger partial charge < -0.3 is 10.6 Å². The van der Waals surface area contributed by atoms with Crippen molar-refractivity contribution in [3.05, 3.63) is 42.2 Å². The Hall–Kier alpha value is -2.78. The smallest absolute Gasteiger partial charge is 0.180 e. The summed E-state index contributed by atoms with van der Waals surface area (Å²) in [5.41, 5.74) is 4.91. The molecule has 0 unspecified atom stereocenters. The van der Waals surface area contributed by atoms with Crippen LogP contribution >= 0.6 is 11.5 Å². The minimum absolute atomic E-state index is 0.619. The third kappa shape index (κ3) is 3.27. The Balaban J connectivity index is 1.60. The molecule has 4 aromatic rings. The van der Waals surface area contributed by atoms with E-state index >= 15 is 0 Å². The zero-order chi connectivity index (χ0) is 19.1. The second-order valence-electron chi connectivity index (χ2n) is 7.34. The van der Waals surface area contributed by atoms with Crippen molar-refractivity contribution < 1.29 is 0 Å². The molecule has 1 aliphatic rings. The van der Waals surface area contributed by atoms with Gasteiger partial charge in [0.2, 0.25) is 0 Å². The van der Waals surface area contributed by atoms with E-state index < -0.39 is 0 Å². The second-order valence-corrected chi connectivity index (χ2v) is 8.15. The van der Waals surface area contributed by atoms with Crippen LogP contribution in [0.15, 0.2) is 30.9 Å². The molecule has 5 rings (SSSR count). The molecule has 9 heteroatoms. The molecule has 0 spiro atoms. The fraction of sp³-hybridized carbons (Fsp3) is 0.368. The quantitative estimate of drug-likeness (QED) is 0.541. The number of aromatic nitrogens is 6. The van der Waals surface area contributed by atoms with E-state index in [0.29, 0.717) is 5.92 Å². The van der Waals surface area contributed by atoms with Gasteiger partial charge in [0.05, 0.1) is 29.5 Å². The molecule has 1 aliphatic heterocycles. The lowest BCUT2D eigenvalue weighted by molar-refractivity contribution is 0.570. The van der Waals surface area contributed by atoms with Gasteiger partial charge in [-0.1, -0.05) is 0 Å². The monoisotopic (exact) mass is 394 g/mol. The van der Waals surface area contributed by atoms with Crippen LogP contribution in [0.25, 0.3) is 16.9 Å². The van der Waals surface area contributed by atoms with Crippen molar-refractivity contribution in [3.63, 3.8) is 0 Å². The number of nitrogens with zero attached hydrogens (tertiary/aromatic N) is 6. The van der Waals surface area contributed by atoms with E-state index in [9.17, 15) is 0 Å². The van der Waals surface area contributed by atoms with E-state index in [1.807, 2.05) is 38.6 Å². The van der Waals surface area contributed by atoms with Crippen LogP contribution in [0, 0.1) is 12.8 Å². The molecule has 0 aliphatic carbocycles. The molecule has 2 N–H and O–H groups in total. The van der Waals surface area contributed by atoms with Crippen molar-refractivity contribution in [2.75, 3.05) is 18.4 Å².